The summed E-state index contributed by atoms with van der Waals surface area (Å²) in [5.41, 5.74) is 1.42. The first-order valence-electron chi connectivity index (χ1n) is 6.09. The van der Waals surface area contributed by atoms with Crippen molar-refractivity contribution in [1.29, 1.82) is 0 Å². The molecule has 8 nitrogen and oxygen atoms in total. The molecule has 2 rings (SSSR count). The van der Waals surface area contributed by atoms with E-state index in [1.165, 1.54) is 12.6 Å². The minimum absolute atomic E-state index is 0.0720. The zero-order chi connectivity index (χ0) is 16.2. The summed E-state index contributed by atoms with van der Waals surface area (Å²) >= 11 is 5.68. The molecule has 1 aromatic heterocycles. The van der Waals surface area contributed by atoms with E-state index in [-0.39, 0.29) is 17.0 Å². The third-order valence-corrected chi connectivity index (χ3v) is 4.26. The summed E-state index contributed by atoms with van der Waals surface area (Å²) in [7, 11) is -2.90. The van der Waals surface area contributed by atoms with E-state index in [2.05, 4.69) is 24.6 Å². The zero-order valence-corrected chi connectivity index (χ0v) is 13.2. The Morgan fingerprint density at radius 2 is 2.23 bits per heavy atom. The molecule has 3 N–H and O–H groups in total. The summed E-state index contributed by atoms with van der Waals surface area (Å²) < 4.78 is 13.4. The average molecular weight is 344 g/mol. The number of hydrogen-bond acceptors (Lipinski definition) is 5. The Kier molecular flexibility index (Phi) is 5.01. The van der Waals surface area contributed by atoms with Gasteiger partial charge >= 0.3 is 6.09 Å². The zero-order valence-electron chi connectivity index (χ0n) is 11.5. The lowest BCUT2D eigenvalue weighted by molar-refractivity contribution is 0.206. The number of halogens is 1. The molecule has 2 aromatic rings. The number of nitrogens with zero attached hydrogens (tertiary/aromatic N) is 4. The van der Waals surface area contributed by atoms with Crippen LogP contribution in [-0.4, -0.2) is 37.0 Å². The molecule has 0 unspecified atom stereocenters. The molecule has 1 aromatic carbocycles. The topological polar surface area (TPSA) is 121 Å². The van der Waals surface area contributed by atoms with Crippen LogP contribution in [0, 0.1) is 0 Å². The second kappa shape index (κ2) is 6.77. The van der Waals surface area contributed by atoms with E-state index in [0.29, 0.717) is 5.69 Å². The third-order valence-electron chi connectivity index (χ3n) is 2.51. The van der Waals surface area contributed by atoms with Gasteiger partial charge in [-0.15, -0.1) is 0 Å². The fraction of sp³-hybridized carbons (Fsp3) is 0.167. The molecule has 0 aliphatic rings. The van der Waals surface area contributed by atoms with Gasteiger partial charge in [0.15, 0.2) is 0 Å². The second-order valence-electron chi connectivity index (χ2n) is 4.53. The highest BCUT2D eigenvalue weighted by Gasteiger charge is 2.08. The smallest absolute Gasteiger partial charge is 0.437 e. The van der Waals surface area contributed by atoms with Crippen molar-refractivity contribution in [3.05, 3.63) is 41.4 Å². The number of nitrogens with one attached hydrogen (secondary N) is 1. The Balaban J connectivity index is 2.18. The largest absolute Gasteiger partial charge is 0.463 e. The number of hydrogen-bond donors (Lipinski definition) is 4. The normalized spacial score (nSPS) is 11.8. The van der Waals surface area contributed by atoms with Crippen molar-refractivity contribution >= 4 is 39.4 Å². The van der Waals surface area contributed by atoms with Gasteiger partial charge in [-0.05, 0) is 35.6 Å². The van der Waals surface area contributed by atoms with Gasteiger partial charge in [-0.25, -0.2) is 14.8 Å². The summed E-state index contributed by atoms with van der Waals surface area (Å²) in [5.74, 6) is 0.446. The van der Waals surface area contributed by atoms with E-state index in [9.17, 15) is 9.35 Å². The fourth-order valence-electron chi connectivity index (χ4n) is 1.78. The summed E-state index contributed by atoms with van der Waals surface area (Å²) in [4.78, 5) is 22.1. The number of rotatable bonds is 4. The van der Waals surface area contributed by atoms with Crippen molar-refractivity contribution in [2.24, 2.45) is 4.36 Å². The van der Waals surface area contributed by atoms with Crippen LogP contribution in [-0.2, 0) is 15.9 Å². The van der Waals surface area contributed by atoms with Crippen molar-refractivity contribution in [2.45, 2.75) is 5.75 Å². The Hall–Kier alpha value is -2.10. The van der Waals surface area contributed by atoms with Gasteiger partial charge in [-0.1, -0.05) is 22.2 Å². The molecule has 0 bridgehead atoms. The molecule has 1 heterocycles. The van der Waals surface area contributed by atoms with Crippen LogP contribution in [0.4, 0.5) is 16.4 Å². The first-order valence-corrected chi connectivity index (χ1v) is 8.79. The van der Waals surface area contributed by atoms with Crippen molar-refractivity contribution in [3.8, 4) is 0 Å². The summed E-state index contributed by atoms with van der Waals surface area (Å²) in [6.07, 6.45) is 1.35. The molecule has 22 heavy (non-hydrogen) atoms. The van der Waals surface area contributed by atoms with Gasteiger partial charge in [0, 0.05) is 11.4 Å². The number of carbonyl (C=O) groups is 1. The van der Waals surface area contributed by atoms with Gasteiger partial charge in [-0.3, -0.25) is 0 Å². The lowest BCUT2D eigenvalue weighted by atomic mass is 10.2. The van der Waals surface area contributed by atoms with Crippen molar-refractivity contribution in [2.75, 3.05) is 11.6 Å². The molecule has 0 fully saturated rings. The minimum Gasteiger partial charge on any atom is -0.463 e. The minimum atomic E-state index is -2.90. The summed E-state index contributed by atoms with van der Waals surface area (Å²) in [6.45, 7) is 0. The number of benzene rings is 1. The van der Waals surface area contributed by atoms with Crippen LogP contribution in [0.25, 0.3) is 0 Å². The first kappa shape index (κ1) is 16.3. The number of carboxylic acid groups (broad SMARTS) is 1. The molecular weight excluding hydrogens is 330 g/mol. The SMILES string of the molecule is C[SH](O)(Cc1cccc(Nc2ncnc(Cl)n2)c1)=NC(=O)O. The van der Waals surface area contributed by atoms with Crippen molar-refractivity contribution in [1.82, 2.24) is 15.0 Å². The number of thiol groups is 1. The summed E-state index contributed by atoms with van der Waals surface area (Å²) in [5, 5.41) is 11.7. The van der Waals surface area contributed by atoms with Crippen LogP contribution in [0.2, 0.25) is 5.28 Å². The van der Waals surface area contributed by atoms with E-state index >= 15 is 0 Å². The monoisotopic (exact) mass is 343 g/mol. The molecule has 0 aliphatic carbocycles. The van der Waals surface area contributed by atoms with Gasteiger partial charge in [-0.2, -0.15) is 9.35 Å². The highest BCUT2D eigenvalue weighted by Crippen LogP contribution is 2.18. The summed E-state index contributed by atoms with van der Waals surface area (Å²) in [6, 6.07) is 7.07. The predicted octanol–water partition coefficient (Wildman–Crippen LogP) is 2.62. The van der Waals surface area contributed by atoms with Gasteiger partial charge in [0.1, 0.15) is 6.33 Å². The molecule has 0 spiro atoms. The quantitative estimate of drug-likeness (QED) is 0.629. The van der Waals surface area contributed by atoms with Gasteiger partial charge < -0.3 is 15.0 Å². The maximum atomic E-state index is 10.6. The van der Waals surface area contributed by atoms with E-state index < -0.39 is 16.2 Å². The van der Waals surface area contributed by atoms with Crippen LogP contribution in [0.15, 0.2) is 35.0 Å². The van der Waals surface area contributed by atoms with Gasteiger partial charge in [0.2, 0.25) is 11.2 Å². The van der Waals surface area contributed by atoms with Crippen LogP contribution in [0.5, 0.6) is 0 Å². The molecule has 0 radical (unpaired) electrons. The Morgan fingerprint density at radius 1 is 1.45 bits per heavy atom. The Labute approximate surface area is 132 Å². The van der Waals surface area contributed by atoms with E-state index in [0.717, 1.165) is 5.56 Å². The molecule has 0 atom stereocenters. The molecule has 0 saturated heterocycles. The van der Waals surface area contributed by atoms with Crippen LogP contribution >= 0.6 is 11.6 Å². The van der Waals surface area contributed by atoms with E-state index in [4.69, 9.17) is 16.7 Å². The molecule has 10 heteroatoms. The van der Waals surface area contributed by atoms with Crippen molar-refractivity contribution in [3.63, 3.8) is 0 Å². The lowest BCUT2D eigenvalue weighted by Gasteiger charge is -2.17. The Morgan fingerprint density at radius 3 is 2.91 bits per heavy atom. The Bertz CT molecular complexity index is 749. The first-order chi connectivity index (χ1) is 10.3. The fourth-order valence-corrected chi connectivity index (χ4v) is 3.23. The average Bonchev–Trinajstić information content (AvgIpc) is 2.36. The molecular formula is C12H14ClN5O3S. The van der Waals surface area contributed by atoms with Crippen LogP contribution < -0.4 is 5.32 Å². The van der Waals surface area contributed by atoms with E-state index in [1.54, 1.807) is 24.3 Å². The highest BCUT2D eigenvalue weighted by molar-refractivity contribution is 7.98. The maximum absolute atomic E-state index is 10.6. The highest BCUT2D eigenvalue weighted by atomic mass is 35.5. The maximum Gasteiger partial charge on any atom is 0.437 e. The number of anilines is 2. The van der Waals surface area contributed by atoms with E-state index in [1.807, 2.05) is 0 Å². The van der Waals surface area contributed by atoms with Crippen LogP contribution in [0.1, 0.15) is 5.56 Å². The number of amides is 1. The molecule has 1 amide bonds. The van der Waals surface area contributed by atoms with Gasteiger partial charge in [0.25, 0.3) is 0 Å². The van der Waals surface area contributed by atoms with Crippen LogP contribution in [0.3, 0.4) is 0 Å². The molecule has 0 aliphatic heterocycles. The van der Waals surface area contributed by atoms with Crippen molar-refractivity contribution < 1.29 is 14.5 Å². The second-order valence-corrected chi connectivity index (χ2v) is 7.56. The molecule has 118 valence electrons. The standard InChI is InChI=1S/C12H14ClN5O3S/c1-22(21,18-12(19)20)6-8-3-2-4-9(5-8)16-11-15-7-14-10(13)17-11/h2-5,7,22H,6H2,1H3,(H,18,21)(H,19,20)(H,14,15,16,17). The lowest BCUT2D eigenvalue weighted by Crippen LogP contribution is -2.13. The van der Waals surface area contributed by atoms with Gasteiger partial charge in [0.05, 0.1) is 0 Å². The third kappa shape index (κ3) is 5.02. The molecule has 0 saturated carbocycles. The predicted molar refractivity (Wildman–Crippen MR) is 86.0 cm³/mol. The number of aromatic nitrogens is 3.